The van der Waals surface area contributed by atoms with Crippen molar-refractivity contribution >= 4 is 11.8 Å². The molecule has 0 spiro atoms. The van der Waals surface area contributed by atoms with Gasteiger partial charge in [0, 0.05) is 12.0 Å². The molecule has 0 saturated heterocycles. The number of aromatic nitrogens is 2. The van der Waals surface area contributed by atoms with Crippen LogP contribution in [0.1, 0.15) is 23.9 Å². The lowest BCUT2D eigenvalue weighted by Crippen LogP contribution is -1.92. The first-order chi connectivity index (χ1) is 8.70. The number of phenols is 1. The Morgan fingerprint density at radius 1 is 1.44 bits per heavy atom. The summed E-state index contributed by atoms with van der Waals surface area (Å²) in [4.78, 5) is 5.01. The molecule has 1 atom stereocenters. The highest BCUT2D eigenvalue weighted by Gasteiger charge is 2.16. The van der Waals surface area contributed by atoms with Crippen molar-refractivity contribution in [3.8, 4) is 5.75 Å². The summed E-state index contributed by atoms with van der Waals surface area (Å²) in [6.07, 6.45) is 0. The number of ether oxygens (including phenoxy) is 1. The molecule has 1 N–H and O–H groups in total. The van der Waals surface area contributed by atoms with E-state index in [2.05, 4.69) is 10.1 Å². The molecular formula is C12H14N2O3S. The molecule has 0 radical (unpaired) electrons. The van der Waals surface area contributed by atoms with E-state index in [0.29, 0.717) is 18.3 Å². The molecule has 0 aliphatic rings. The van der Waals surface area contributed by atoms with E-state index >= 15 is 0 Å². The summed E-state index contributed by atoms with van der Waals surface area (Å²) in [6, 6.07) is 7.16. The molecular weight excluding hydrogens is 252 g/mol. The van der Waals surface area contributed by atoms with Crippen LogP contribution in [0.5, 0.6) is 5.75 Å². The Labute approximate surface area is 109 Å². The number of hydrogen-bond acceptors (Lipinski definition) is 6. The zero-order chi connectivity index (χ0) is 13.0. The lowest BCUT2D eigenvalue weighted by molar-refractivity contribution is 0.174. The van der Waals surface area contributed by atoms with Crippen molar-refractivity contribution < 1.29 is 14.4 Å². The van der Waals surface area contributed by atoms with Crippen LogP contribution in [0.3, 0.4) is 0 Å². The van der Waals surface area contributed by atoms with E-state index in [1.54, 1.807) is 19.2 Å². The van der Waals surface area contributed by atoms with E-state index in [1.165, 1.54) is 11.8 Å². The normalized spacial score (nSPS) is 12.6. The predicted octanol–water partition coefficient (Wildman–Crippen LogP) is 2.77. The van der Waals surface area contributed by atoms with Crippen molar-refractivity contribution in [3.63, 3.8) is 0 Å². The Bertz CT molecular complexity index is 516. The molecule has 1 heterocycles. The van der Waals surface area contributed by atoms with Gasteiger partial charge in [0.1, 0.15) is 12.4 Å². The quantitative estimate of drug-likeness (QED) is 0.839. The molecule has 18 heavy (non-hydrogen) atoms. The number of phenolic OH excluding ortho intramolecular Hbond substituents is 1. The van der Waals surface area contributed by atoms with Crippen molar-refractivity contribution in [1.29, 1.82) is 0 Å². The SMILES string of the molecule is COCc1noc([C@H](C)Sc2ccccc2O)n1. The van der Waals surface area contributed by atoms with Crippen LogP contribution in [0.4, 0.5) is 0 Å². The number of rotatable bonds is 5. The first kappa shape index (κ1) is 12.9. The van der Waals surface area contributed by atoms with E-state index in [0.717, 1.165) is 4.90 Å². The van der Waals surface area contributed by atoms with E-state index in [4.69, 9.17) is 9.26 Å². The molecule has 0 bridgehead atoms. The third-order valence-electron chi connectivity index (χ3n) is 2.27. The summed E-state index contributed by atoms with van der Waals surface area (Å²) in [7, 11) is 1.58. The number of hydrogen-bond donors (Lipinski definition) is 1. The Hall–Kier alpha value is -1.53. The standard InChI is InChI=1S/C12H14N2O3S/c1-8(12-13-11(7-16-2)14-17-12)18-10-6-4-3-5-9(10)15/h3-6,8,15H,7H2,1-2H3/t8-/m0/s1. The monoisotopic (exact) mass is 266 g/mol. The maximum atomic E-state index is 9.69. The van der Waals surface area contributed by atoms with Gasteiger partial charge in [0.25, 0.3) is 0 Å². The minimum Gasteiger partial charge on any atom is -0.507 e. The lowest BCUT2D eigenvalue weighted by atomic mass is 10.3. The van der Waals surface area contributed by atoms with Crippen LogP contribution in [0.15, 0.2) is 33.7 Å². The Morgan fingerprint density at radius 3 is 2.94 bits per heavy atom. The van der Waals surface area contributed by atoms with Crippen molar-refractivity contribution in [2.24, 2.45) is 0 Å². The molecule has 0 saturated carbocycles. The van der Waals surface area contributed by atoms with Gasteiger partial charge in [0.2, 0.25) is 5.89 Å². The maximum absolute atomic E-state index is 9.69. The number of aromatic hydroxyl groups is 1. The van der Waals surface area contributed by atoms with E-state index in [-0.39, 0.29) is 11.0 Å². The van der Waals surface area contributed by atoms with Crippen LogP contribution < -0.4 is 0 Å². The second kappa shape index (κ2) is 5.88. The molecule has 0 amide bonds. The fraction of sp³-hybridized carbons (Fsp3) is 0.333. The van der Waals surface area contributed by atoms with Crippen molar-refractivity contribution in [2.75, 3.05) is 7.11 Å². The predicted molar refractivity (Wildman–Crippen MR) is 67.4 cm³/mol. The Morgan fingerprint density at radius 2 is 2.22 bits per heavy atom. The van der Waals surface area contributed by atoms with Gasteiger partial charge in [-0.05, 0) is 19.1 Å². The average Bonchev–Trinajstić information content (AvgIpc) is 2.81. The minimum atomic E-state index is -0.0311. The molecule has 1 aromatic carbocycles. The van der Waals surface area contributed by atoms with Gasteiger partial charge < -0.3 is 14.4 Å². The number of para-hydroxylation sites is 1. The second-order valence-electron chi connectivity index (χ2n) is 3.71. The number of thioether (sulfide) groups is 1. The number of benzene rings is 1. The van der Waals surface area contributed by atoms with Crippen LogP contribution in [0, 0.1) is 0 Å². The molecule has 96 valence electrons. The highest BCUT2D eigenvalue weighted by molar-refractivity contribution is 7.99. The molecule has 5 nitrogen and oxygen atoms in total. The second-order valence-corrected chi connectivity index (χ2v) is 5.09. The van der Waals surface area contributed by atoms with E-state index in [9.17, 15) is 5.11 Å². The van der Waals surface area contributed by atoms with Crippen molar-refractivity contribution in [2.45, 2.75) is 23.7 Å². The zero-order valence-electron chi connectivity index (χ0n) is 10.2. The largest absolute Gasteiger partial charge is 0.507 e. The first-order valence-corrected chi connectivity index (χ1v) is 6.34. The highest BCUT2D eigenvalue weighted by atomic mass is 32.2. The number of methoxy groups -OCH3 is 1. The van der Waals surface area contributed by atoms with Gasteiger partial charge in [0.05, 0.1) is 5.25 Å². The fourth-order valence-corrected chi connectivity index (χ4v) is 2.34. The van der Waals surface area contributed by atoms with Gasteiger partial charge in [-0.15, -0.1) is 11.8 Å². The average molecular weight is 266 g/mol. The molecule has 0 aliphatic carbocycles. The van der Waals surface area contributed by atoms with Gasteiger partial charge in [-0.2, -0.15) is 4.98 Å². The minimum absolute atomic E-state index is 0.0311. The number of nitrogens with zero attached hydrogens (tertiary/aromatic N) is 2. The molecule has 6 heteroatoms. The third kappa shape index (κ3) is 3.02. The molecule has 0 aliphatic heterocycles. The lowest BCUT2D eigenvalue weighted by Gasteiger charge is -2.07. The third-order valence-corrected chi connectivity index (χ3v) is 3.43. The topological polar surface area (TPSA) is 68.4 Å². The molecule has 0 fully saturated rings. The summed E-state index contributed by atoms with van der Waals surface area (Å²) in [5.74, 6) is 1.30. The molecule has 0 unspecified atom stereocenters. The van der Waals surface area contributed by atoms with Crippen LogP contribution in [-0.2, 0) is 11.3 Å². The molecule has 1 aromatic heterocycles. The maximum Gasteiger partial charge on any atom is 0.239 e. The summed E-state index contributed by atoms with van der Waals surface area (Å²) in [5, 5.41) is 13.5. The summed E-state index contributed by atoms with van der Waals surface area (Å²) < 4.78 is 10.1. The van der Waals surface area contributed by atoms with Crippen LogP contribution in [0.2, 0.25) is 0 Å². The molecule has 2 rings (SSSR count). The van der Waals surface area contributed by atoms with Crippen LogP contribution in [0.25, 0.3) is 0 Å². The summed E-state index contributed by atoms with van der Waals surface area (Å²) in [6.45, 7) is 2.28. The van der Waals surface area contributed by atoms with Crippen LogP contribution >= 0.6 is 11.8 Å². The van der Waals surface area contributed by atoms with Gasteiger partial charge in [-0.25, -0.2) is 0 Å². The van der Waals surface area contributed by atoms with E-state index < -0.39 is 0 Å². The van der Waals surface area contributed by atoms with Gasteiger partial charge in [0.15, 0.2) is 5.82 Å². The summed E-state index contributed by atoms with van der Waals surface area (Å²) >= 11 is 1.47. The van der Waals surface area contributed by atoms with Gasteiger partial charge in [-0.3, -0.25) is 0 Å². The Balaban J connectivity index is 2.07. The highest BCUT2D eigenvalue weighted by Crippen LogP contribution is 2.38. The first-order valence-electron chi connectivity index (χ1n) is 5.46. The van der Waals surface area contributed by atoms with Crippen molar-refractivity contribution in [3.05, 3.63) is 36.0 Å². The smallest absolute Gasteiger partial charge is 0.239 e. The molecule has 2 aromatic rings. The van der Waals surface area contributed by atoms with Gasteiger partial charge >= 0.3 is 0 Å². The van der Waals surface area contributed by atoms with Gasteiger partial charge in [-0.1, -0.05) is 17.3 Å². The zero-order valence-corrected chi connectivity index (χ0v) is 11.0. The van der Waals surface area contributed by atoms with E-state index in [1.807, 2.05) is 19.1 Å². The van der Waals surface area contributed by atoms with Crippen molar-refractivity contribution in [1.82, 2.24) is 10.1 Å². The fourth-order valence-electron chi connectivity index (χ4n) is 1.42. The Kier molecular flexibility index (Phi) is 4.22. The van der Waals surface area contributed by atoms with Crippen LogP contribution in [-0.4, -0.2) is 22.4 Å². The summed E-state index contributed by atoms with van der Waals surface area (Å²) in [5.41, 5.74) is 0.